The number of carbonyl (C=O) groups excluding carboxylic acids is 2. The van der Waals surface area contributed by atoms with Gasteiger partial charge in [0, 0.05) is 13.1 Å². The quantitative estimate of drug-likeness (QED) is 0.505. The van der Waals surface area contributed by atoms with Gasteiger partial charge in [0.25, 0.3) is 15.9 Å². The number of hydrogen-bond acceptors (Lipinski definition) is 4. The fourth-order valence-corrected chi connectivity index (χ4v) is 5.84. The van der Waals surface area contributed by atoms with Gasteiger partial charge in [-0.1, -0.05) is 35.9 Å². The highest BCUT2D eigenvalue weighted by atomic mass is 32.2. The molecule has 0 unspecified atom stereocenters. The van der Waals surface area contributed by atoms with Gasteiger partial charge in [-0.25, -0.2) is 8.42 Å². The Morgan fingerprint density at radius 3 is 2.11 bits per heavy atom. The molecule has 8 heteroatoms. The first-order valence-electron chi connectivity index (χ1n) is 12.0. The Kier molecular flexibility index (Phi) is 7.45. The van der Waals surface area contributed by atoms with Crippen molar-refractivity contribution in [3.8, 4) is 0 Å². The summed E-state index contributed by atoms with van der Waals surface area (Å²) in [6, 6.07) is 18.8. The fraction of sp³-hybridized carbons (Fsp3) is 0.286. The zero-order valence-electron chi connectivity index (χ0n) is 20.8. The third kappa shape index (κ3) is 5.60. The van der Waals surface area contributed by atoms with Crippen molar-refractivity contribution in [3.63, 3.8) is 0 Å². The summed E-state index contributed by atoms with van der Waals surface area (Å²) in [6.07, 6.45) is 1.92. The molecule has 188 valence electrons. The number of nitrogens with zero attached hydrogens (tertiary/aromatic N) is 2. The summed E-state index contributed by atoms with van der Waals surface area (Å²) < 4.78 is 28.5. The molecule has 1 aliphatic rings. The second-order valence-corrected chi connectivity index (χ2v) is 11.1. The van der Waals surface area contributed by atoms with Gasteiger partial charge >= 0.3 is 0 Å². The lowest BCUT2D eigenvalue weighted by Crippen LogP contribution is -2.38. The van der Waals surface area contributed by atoms with E-state index < -0.39 is 22.5 Å². The minimum absolute atomic E-state index is 0.102. The second-order valence-electron chi connectivity index (χ2n) is 9.26. The summed E-state index contributed by atoms with van der Waals surface area (Å²) in [5, 5.41) is 2.78. The SMILES string of the molecule is Cc1ccc(S(=O)(=O)N(CC(=O)Nc2ccccc2C(=O)N2CCCC2)c2cc(C)cc(C)c2)cc1. The summed E-state index contributed by atoms with van der Waals surface area (Å²) >= 11 is 0. The van der Waals surface area contributed by atoms with E-state index >= 15 is 0 Å². The number of amides is 2. The normalized spacial score (nSPS) is 13.5. The summed E-state index contributed by atoms with van der Waals surface area (Å²) in [5.74, 6) is -0.673. The van der Waals surface area contributed by atoms with Crippen molar-refractivity contribution in [2.24, 2.45) is 0 Å². The average Bonchev–Trinajstić information content (AvgIpc) is 3.37. The van der Waals surface area contributed by atoms with Gasteiger partial charge in [0.05, 0.1) is 21.8 Å². The number of sulfonamides is 1. The summed E-state index contributed by atoms with van der Waals surface area (Å²) in [7, 11) is -4.03. The molecule has 1 saturated heterocycles. The molecule has 1 fully saturated rings. The van der Waals surface area contributed by atoms with Crippen LogP contribution in [0.2, 0.25) is 0 Å². The van der Waals surface area contributed by atoms with Crippen LogP contribution in [0.25, 0.3) is 0 Å². The molecule has 0 radical (unpaired) electrons. The number of benzene rings is 3. The molecule has 0 aliphatic carbocycles. The maximum absolute atomic E-state index is 13.7. The number of nitrogens with one attached hydrogen (secondary N) is 1. The van der Waals surface area contributed by atoms with Gasteiger partial charge in [-0.05, 0) is 81.1 Å². The lowest BCUT2D eigenvalue weighted by molar-refractivity contribution is -0.114. The number of carbonyl (C=O) groups is 2. The van der Waals surface area contributed by atoms with Crippen LogP contribution in [0.1, 0.15) is 39.9 Å². The molecule has 0 bridgehead atoms. The second kappa shape index (κ2) is 10.5. The molecule has 0 aromatic heterocycles. The summed E-state index contributed by atoms with van der Waals surface area (Å²) in [4.78, 5) is 28.1. The Balaban J connectivity index is 1.65. The van der Waals surface area contributed by atoms with Gasteiger partial charge in [0.1, 0.15) is 6.54 Å². The van der Waals surface area contributed by atoms with Gasteiger partial charge < -0.3 is 10.2 Å². The van der Waals surface area contributed by atoms with Gasteiger partial charge in [0.15, 0.2) is 0 Å². The first-order chi connectivity index (χ1) is 17.1. The number of anilines is 2. The van der Waals surface area contributed by atoms with Gasteiger partial charge in [-0.2, -0.15) is 0 Å². The number of para-hydroxylation sites is 1. The predicted octanol–water partition coefficient (Wildman–Crippen LogP) is 4.68. The van der Waals surface area contributed by atoms with E-state index in [1.807, 2.05) is 26.8 Å². The summed E-state index contributed by atoms with van der Waals surface area (Å²) in [5.41, 5.74) is 3.88. The maximum atomic E-state index is 13.7. The van der Waals surface area contributed by atoms with Crippen LogP contribution in [-0.4, -0.2) is 44.8 Å². The number of likely N-dealkylation sites (tertiary alicyclic amines) is 1. The molecular weight excluding hydrogens is 474 g/mol. The van der Waals surface area contributed by atoms with Crippen molar-refractivity contribution < 1.29 is 18.0 Å². The summed E-state index contributed by atoms with van der Waals surface area (Å²) in [6.45, 7) is 6.59. The van der Waals surface area contributed by atoms with Crippen molar-refractivity contribution in [1.82, 2.24) is 4.90 Å². The average molecular weight is 506 g/mol. The molecule has 4 rings (SSSR count). The highest BCUT2D eigenvalue weighted by Crippen LogP contribution is 2.27. The van der Waals surface area contributed by atoms with Crippen LogP contribution in [0, 0.1) is 20.8 Å². The molecule has 7 nitrogen and oxygen atoms in total. The largest absolute Gasteiger partial charge is 0.339 e. The third-order valence-electron chi connectivity index (χ3n) is 6.22. The minimum atomic E-state index is -4.03. The van der Waals surface area contributed by atoms with Crippen LogP contribution < -0.4 is 9.62 Å². The Morgan fingerprint density at radius 2 is 1.47 bits per heavy atom. The van der Waals surface area contributed by atoms with E-state index in [1.54, 1.807) is 65.6 Å². The monoisotopic (exact) mass is 505 g/mol. The lowest BCUT2D eigenvalue weighted by atomic mass is 10.1. The van der Waals surface area contributed by atoms with Crippen LogP contribution in [0.15, 0.2) is 71.6 Å². The molecule has 2 amide bonds. The molecule has 0 saturated carbocycles. The van der Waals surface area contributed by atoms with Gasteiger partial charge in [-0.3, -0.25) is 13.9 Å². The van der Waals surface area contributed by atoms with Crippen LogP contribution in [0.3, 0.4) is 0 Å². The Bertz CT molecular complexity index is 1360. The smallest absolute Gasteiger partial charge is 0.264 e. The van der Waals surface area contributed by atoms with Crippen molar-refractivity contribution >= 4 is 33.2 Å². The molecule has 3 aromatic rings. The first kappa shape index (κ1) is 25.4. The van der Waals surface area contributed by atoms with E-state index in [4.69, 9.17) is 0 Å². The Labute approximate surface area is 212 Å². The van der Waals surface area contributed by atoms with E-state index in [2.05, 4.69) is 5.32 Å². The first-order valence-corrected chi connectivity index (χ1v) is 13.4. The van der Waals surface area contributed by atoms with Crippen LogP contribution in [-0.2, 0) is 14.8 Å². The minimum Gasteiger partial charge on any atom is -0.339 e. The topological polar surface area (TPSA) is 86.8 Å². The van der Waals surface area contributed by atoms with E-state index in [9.17, 15) is 18.0 Å². The Morgan fingerprint density at radius 1 is 0.861 bits per heavy atom. The number of hydrogen-bond donors (Lipinski definition) is 1. The highest BCUT2D eigenvalue weighted by Gasteiger charge is 2.28. The number of aryl methyl sites for hydroxylation is 3. The predicted molar refractivity (Wildman–Crippen MR) is 142 cm³/mol. The third-order valence-corrected chi connectivity index (χ3v) is 8.00. The van der Waals surface area contributed by atoms with Crippen LogP contribution >= 0.6 is 0 Å². The van der Waals surface area contributed by atoms with Crippen molar-refractivity contribution in [3.05, 3.63) is 89.0 Å². The molecule has 0 spiro atoms. The zero-order chi connectivity index (χ0) is 25.9. The van der Waals surface area contributed by atoms with Gasteiger partial charge in [0.2, 0.25) is 5.91 Å². The zero-order valence-corrected chi connectivity index (χ0v) is 21.6. The van der Waals surface area contributed by atoms with E-state index in [0.29, 0.717) is 30.0 Å². The van der Waals surface area contributed by atoms with Crippen LogP contribution in [0.4, 0.5) is 11.4 Å². The molecule has 0 atom stereocenters. The van der Waals surface area contributed by atoms with Gasteiger partial charge in [-0.15, -0.1) is 0 Å². The Hall–Kier alpha value is -3.65. The van der Waals surface area contributed by atoms with E-state index in [-0.39, 0.29) is 10.8 Å². The molecule has 1 N–H and O–H groups in total. The van der Waals surface area contributed by atoms with E-state index in [0.717, 1.165) is 33.8 Å². The number of rotatable bonds is 7. The standard InChI is InChI=1S/C28H31N3O4S/c1-20-10-12-24(13-11-20)36(34,35)31(23-17-21(2)16-22(3)18-23)19-27(32)29-26-9-5-4-8-25(26)28(33)30-14-6-7-15-30/h4-5,8-13,16-18H,6-7,14-15,19H2,1-3H3,(H,29,32). The molecule has 36 heavy (non-hydrogen) atoms. The molecule has 3 aromatic carbocycles. The van der Waals surface area contributed by atoms with Crippen molar-refractivity contribution in [2.45, 2.75) is 38.5 Å². The van der Waals surface area contributed by atoms with E-state index in [1.165, 1.54) is 0 Å². The van der Waals surface area contributed by atoms with Crippen molar-refractivity contribution in [2.75, 3.05) is 29.3 Å². The highest BCUT2D eigenvalue weighted by molar-refractivity contribution is 7.92. The van der Waals surface area contributed by atoms with Crippen LogP contribution in [0.5, 0.6) is 0 Å². The fourth-order valence-electron chi connectivity index (χ4n) is 4.44. The molecule has 1 aliphatic heterocycles. The molecule has 1 heterocycles. The van der Waals surface area contributed by atoms with Crippen molar-refractivity contribution in [1.29, 1.82) is 0 Å². The molecular formula is C28H31N3O4S. The lowest BCUT2D eigenvalue weighted by Gasteiger charge is -2.25. The maximum Gasteiger partial charge on any atom is 0.264 e.